The number of urea groups is 1. The van der Waals surface area contributed by atoms with Gasteiger partial charge in [-0.2, -0.15) is 4.99 Å². The first-order valence-electron chi connectivity index (χ1n) is 9.47. The molecule has 8 nitrogen and oxygen atoms in total. The molecule has 0 heterocycles. The van der Waals surface area contributed by atoms with Gasteiger partial charge in [0.05, 0.1) is 32.2 Å². The van der Waals surface area contributed by atoms with Crippen molar-refractivity contribution in [2.24, 2.45) is 4.99 Å². The van der Waals surface area contributed by atoms with E-state index in [9.17, 15) is 14.9 Å². The maximum absolute atomic E-state index is 12.5. The molecule has 0 radical (unpaired) electrons. The summed E-state index contributed by atoms with van der Waals surface area (Å²) in [5, 5.41) is 14.1. The number of nitro groups is 1. The van der Waals surface area contributed by atoms with E-state index in [2.05, 4.69) is 10.3 Å². The molecular weight excluding hydrogens is 493 g/mol. The fourth-order valence-electron chi connectivity index (χ4n) is 2.67. The number of rotatable bonds is 6. The van der Waals surface area contributed by atoms with E-state index in [0.717, 1.165) is 0 Å². The van der Waals surface area contributed by atoms with Gasteiger partial charge in [0.1, 0.15) is 11.5 Å². The largest absolute Gasteiger partial charge is 0.477 e. The van der Waals surface area contributed by atoms with Crippen LogP contribution in [0.1, 0.15) is 12.5 Å². The molecular formula is C22H16Cl3N3O5. The van der Waals surface area contributed by atoms with Gasteiger partial charge in [0, 0.05) is 17.8 Å². The molecule has 0 aliphatic heterocycles. The van der Waals surface area contributed by atoms with E-state index in [-0.39, 0.29) is 23.2 Å². The number of nitro benzene ring substituents is 1. The van der Waals surface area contributed by atoms with E-state index in [1.54, 1.807) is 31.2 Å². The predicted octanol–water partition coefficient (Wildman–Crippen LogP) is 7.36. The Morgan fingerprint density at radius 3 is 2.27 bits per heavy atom. The van der Waals surface area contributed by atoms with E-state index in [1.807, 2.05) is 0 Å². The van der Waals surface area contributed by atoms with E-state index >= 15 is 0 Å². The molecule has 0 atom stereocenters. The number of carbonyl (C=O) groups is 1. The van der Waals surface area contributed by atoms with Crippen molar-refractivity contribution < 1.29 is 19.2 Å². The lowest BCUT2D eigenvalue weighted by Gasteiger charge is -2.12. The van der Waals surface area contributed by atoms with Gasteiger partial charge in [0.25, 0.3) is 5.69 Å². The molecule has 0 saturated heterocycles. The third kappa shape index (κ3) is 6.35. The number of benzene rings is 3. The lowest BCUT2D eigenvalue weighted by atomic mass is 10.2. The number of aliphatic imine (C=N–C) groups is 1. The van der Waals surface area contributed by atoms with Crippen molar-refractivity contribution in [1.29, 1.82) is 0 Å². The van der Waals surface area contributed by atoms with Crippen molar-refractivity contribution in [3.63, 3.8) is 0 Å². The number of halogens is 3. The van der Waals surface area contributed by atoms with Crippen LogP contribution in [0.3, 0.4) is 0 Å². The van der Waals surface area contributed by atoms with Gasteiger partial charge in [0.2, 0.25) is 5.90 Å². The molecule has 3 aromatic carbocycles. The summed E-state index contributed by atoms with van der Waals surface area (Å²) in [5.74, 6) is 0.640. The van der Waals surface area contributed by atoms with Crippen LogP contribution in [0.15, 0.2) is 65.7 Å². The molecule has 0 spiro atoms. The summed E-state index contributed by atoms with van der Waals surface area (Å²) in [7, 11) is 0. The van der Waals surface area contributed by atoms with Crippen LogP contribution in [0.4, 0.5) is 16.2 Å². The number of ether oxygens (including phenoxy) is 2. The van der Waals surface area contributed by atoms with Gasteiger partial charge < -0.3 is 14.8 Å². The monoisotopic (exact) mass is 507 g/mol. The molecule has 3 aromatic rings. The number of amides is 2. The Balaban J connectivity index is 1.75. The zero-order valence-corrected chi connectivity index (χ0v) is 19.3. The first-order valence-corrected chi connectivity index (χ1v) is 10.6. The van der Waals surface area contributed by atoms with Crippen LogP contribution in [0.5, 0.6) is 11.5 Å². The lowest BCUT2D eigenvalue weighted by molar-refractivity contribution is -0.384. The summed E-state index contributed by atoms with van der Waals surface area (Å²) in [6, 6.07) is 14.3. The highest BCUT2D eigenvalue weighted by Gasteiger charge is 2.16. The average molecular weight is 509 g/mol. The first kappa shape index (κ1) is 24.3. The van der Waals surface area contributed by atoms with Gasteiger partial charge in [-0.05, 0) is 49.4 Å². The smallest absolute Gasteiger partial charge is 0.348 e. The number of nitrogens with zero attached hydrogens (tertiary/aromatic N) is 2. The molecule has 0 aliphatic carbocycles. The van der Waals surface area contributed by atoms with Crippen LogP contribution < -0.4 is 10.1 Å². The standard InChI is InChI=1S/C22H16Cl3N3O5/c1-2-32-21(20-16(23)4-3-5-17(20)24)27-22(29)26-13-6-11-19(18(25)12-13)33-15-9-7-14(8-10-15)28(30)31/h3-12H,2H2,1H3,(H,26,29). The number of anilines is 1. The van der Waals surface area contributed by atoms with Crippen molar-refractivity contribution in [2.45, 2.75) is 6.92 Å². The first-order chi connectivity index (χ1) is 15.8. The average Bonchev–Trinajstić information content (AvgIpc) is 2.76. The zero-order valence-electron chi connectivity index (χ0n) is 17.1. The second kappa shape index (κ2) is 11.0. The van der Waals surface area contributed by atoms with Crippen molar-refractivity contribution in [3.8, 4) is 11.5 Å². The number of carbonyl (C=O) groups excluding carboxylic acids is 1. The zero-order chi connectivity index (χ0) is 24.0. The Morgan fingerprint density at radius 1 is 1.03 bits per heavy atom. The third-order valence-electron chi connectivity index (χ3n) is 4.12. The topological polar surface area (TPSA) is 103 Å². The Morgan fingerprint density at radius 2 is 1.70 bits per heavy atom. The summed E-state index contributed by atoms with van der Waals surface area (Å²) in [5.41, 5.74) is 0.602. The SMILES string of the molecule is CCOC(=NC(=O)Nc1ccc(Oc2ccc([N+](=O)[O-])cc2)c(Cl)c1)c1c(Cl)cccc1Cl. The maximum Gasteiger partial charge on any atom is 0.348 e. The van der Waals surface area contributed by atoms with Crippen LogP contribution in [0.2, 0.25) is 15.1 Å². The number of non-ortho nitro benzene ring substituents is 1. The third-order valence-corrected chi connectivity index (χ3v) is 5.04. The molecule has 0 fully saturated rings. The fourth-order valence-corrected chi connectivity index (χ4v) is 3.45. The minimum absolute atomic E-state index is 0.0187. The fraction of sp³-hybridized carbons (Fsp3) is 0.0909. The molecule has 0 unspecified atom stereocenters. The van der Waals surface area contributed by atoms with Crippen LogP contribution in [-0.4, -0.2) is 23.5 Å². The molecule has 0 saturated carbocycles. The second-order valence-electron chi connectivity index (χ2n) is 6.38. The highest BCUT2D eigenvalue weighted by molar-refractivity contribution is 6.40. The Bertz CT molecular complexity index is 1200. The summed E-state index contributed by atoms with van der Waals surface area (Å²) in [4.78, 5) is 26.7. The molecule has 1 N–H and O–H groups in total. The van der Waals surface area contributed by atoms with E-state index in [4.69, 9.17) is 44.3 Å². The number of hydrogen-bond donors (Lipinski definition) is 1. The Kier molecular flexibility index (Phi) is 8.11. The molecule has 0 aliphatic rings. The lowest BCUT2D eigenvalue weighted by Crippen LogP contribution is -2.15. The molecule has 170 valence electrons. The van der Waals surface area contributed by atoms with Crippen molar-refractivity contribution in [1.82, 2.24) is 0 Å². The van der Waals surface area contributed by atoms with Gasteiger partial charge in [-0.1, -0.05) is 40.9 Å². The Labute approximate surface area is 203 Å². The van der Waals surface area contributed by atoms with Gasteiger partial charge in [-0.3, -0.25) is 10.1 Å². The van der Waals surface area contributed by atoms with Crippen LogP contribution in [0, 0.1) is 10.1 Å². The quantitative estimate of drug-likeness (QED) is 0.162. The summed E-state index contributed by atoms with van der Waals surface area (Å²) < 4.78 is 11.1. The van der Waals surface area contributed by atoms with E-state index in [0.29, 0.717) is 32.8 Å². The normalized spacial score (nSPS) is 11.1. The van der Waals surface area contributed by atoms with Crippen LogP contribution >= 0.6 is 34.8 Å². The van der Waals surface area contributed by atoms with Gasteiger partial charge >= 0.3 is 6.03 Å². The van der Waals surface area contributed by atoms with Gasteiger partial charge in [-0.15, -0.1) is 0 Å². The summed E-state index contributed by atoms with van der Waals surface area (Å²) in [6.45, 7) is 1.98. The highest BCUT2D eigenvalue weighted by atomic mass is 35.5. The molecule has 2 amide bonds. The molecule has 0 aromatic heterocycles. The van der Waals surface area contributed by atoms with E-state index < -0.39 is 11.0 Å². The minimum atomic E-state index is -0.727. The van der Waals surface area contributed by atoms with Crippen LogP contribution in [0.25, 0.3) is 0 Å². The van der Waals surface area contributed by atoms with Crippen molar-refractivity contribution in [3.05, 3.63) is 91.4 Å². The molecule has 11 heteroatoms. The van der Waals surface area contributed by atoms with Gasteiger partial charge in [0.15, 0.2) is 0 Å². The minimum Gasteiger partial charge on any atom is -0.477 e. The number of hydrogen-bond acceptors (Lipinski definition) is 5. The van der Waals surface area contributed by atoms with E-state index in [1.165, 1.54) is 36.4 Å². The Hall–Kier alpha value is -3.33. The molecule has 0 bridgehead atoms. The molecule has 33 heavy (non-hydrogen) atoms. The van der Waals surface area contributed by atoms with Crippen molar-refractivity contribution >= 4 is 58.1 Å². The predicted molar refractivity (Wildman–Crippen MR) is 128 cm³/mol. The molecule has 3 rings (SSSR count). The van der Waals surface area contributed by atoms with Gasteiger partial charge in [-0.25, -0.2) is 4.79 Å². The van der Waals surface area contributed by atoms with Crippen LogP contribution in [-0.2, 0) is 4.74 Å². The number of nitrogens with one attached hydrogen (secondary N) is 1. The van der Waals surface area contributed by atoms with Crippen molar-refractivity contribution in [2.75, 3.05) is 11.9 Å². The summed E-state index contributed by atoms with van der Waals surface area (Å²) >= 11 is 18.6. The maximum atomic E-state index is 12.5. The highest BCUT2D eigenvalue weighted by Crippen LogP contribution is 2.32. The summed E-state index contributed by atoms with van der Waals surface area (Å²) in [6.07, 6.45) is 0. The second-order valence-corrected chi connectivity index (χ2v) is 7.60.